The van der Waals surface area contributed by atoms with Crippen LogP contribution in [-0.2, 0) is 0 Å². The van der Waals surface area contributed by atoms with Crippen LogP contribution < -0.4 is 15.4 Å². The highest BCUT2D eigenvalue weighted by molar-refractivity contribution is 14.0. The first-order valence-electron chi connectivity index (χ1n) is 9.11. The highest BCUT2D eigenvalue weighted by Gasteiger charge is 2.08. The molecule has 0 saturated carbocycles. The van der Waals surface area contributed by atoms with Crippen LogP contribution in [0.3, 0.4) is 0 Å². The van der Waals surface area contributed by atoms with Crippen LogP contribution in [0.15, 0.2) is 29.3 Å². The lowest BCUT2D eigenvalue weighted by Gasteiger charge is -2.17. The molecule has 1 aromatic rings. The summed E-state index contributed by atoms with van der Waals surface area (Å²) < 4.78 is 5.62. The fourth-order valence-corrected chi connectivity index (χ4v) is 2.19. The lowest BCUT2D eigenvalue weighted by molar-refractivity contribution is 0.186. The number of nitrogens with one attached hydrogen (secondary N) is 2. The van der Waals surface area contributed by atoms with Gasteiger partial charge in [0, 0.05) is 19.6 Å². The minimum absolute atomic E-state index is 0. The summed E-state index contributed by atoms with van der Waals surface area (Å²) >= 11 is 0. The maximum absolute atomic E-state index is 10.4. The second-order valence-electron chi connectivity index (χ2n) is 6.29. The number of benzene rings is 1. The molecule has 7 heteroatoms. The van der Waals surface area contributed by atoms with Crippen LogP contribution in [0.2, 0.25) is 0 Å². The van der Waals surface area contributed by atoms with Gasteiger partial charge in [0.1, 0.15) is 5.75 Å². The summed E-state index contributed by atoms with van der Waals surface area (Å²) in [5.74, 6) is 1.54. The summed E-state index contributed by atoms with van der Waals surface area (Å²) in [7, 11) is 2.09. The molecule has 1 unspecified atom stereocenters. The molecule has 0 amide bonds. The molecule has 0 radical (unpaired) electrons. The summed E-state index contributed by atoms with van der Waals surface area (Å²) in [5, 5.41) is 16.8. The van der Waals surface area contributed by atoms with Crippen LogP contribution >= 0.6 is 24.0 Å². The van der Waals surface area contributed by atoms with Gasteiger partial charge in [-0.3, -0.25) is 4.99 Å². The first-order valence-corrected chi connectivity index (χ1v) is 9.11. The molecule has 1 atom stereocenters. The van der Waals surface area contributed by atoms with Gasteiger partial charge >= 0.3 is 0 Å². The lowest BCUT2D eigenvalue weighted by atomic mass is 10.1. The molecule has 1 rings (SSSR count). The summed E-state index contributed by atoms with van der Waals surface area (Å²) in [4.78, 5) is 6.71. The van der Waals surface area contributed by atoms with E-state index in [0.717, 1.165) is 43.5 Å². The van der Waals surface area contributed by atoms with Crippen molar-refractivity contribution in [1.82, 2.24) is 15.5 Å². The van der Waals surface area contributed by atoms with Crippen molar-refractivity contribution in [2.24, 2.45) is 4.99 Å². The summed E-state index contributed by atoms with van der Waals surface area (Å²) in [6.07, 6.45) is -0.497. The third-order valence-electron chi connectivity index (χ3n) is 3.73. The highest BCUT2D eigenvalue weighted by Crippen LogP contribution is 2.19. The van der Waals surface area contributed by atoms with Gasteiger partial charge < -0.3 is 25.4 Å². The summed E-state index contributed by atoms with van der Waals surface area (Å²) in [6.45, 7) is 12.0. The van der Waals surface area contributed by atoms with Gasteiger partial charge in [0.15, 0.2) is 5.96 Å². The molecule has 6 nitrogen and oxygen atoms in total. The molecule has 3 N–H and O–H groups in total. The standard InChI is InChI=1S/C19H34N4O2.HI/c1-6-20-19(21-12-13-23(5)7-2)22-14-18(24)16-8-10-17(11-9-16)25-15(3)4;/h8-11,15,18,24H,6-7,12-14H2,1-5H3,(H2,20,21,22);1H. The Balaban J connectivity index is 0.00000625. The topological polar surface area (TPSA) is 69.1 Å². The quantitative estimate of drug-likeness (QED) is 0.274. The fraction of sp³-hybridized carbons (Fsp3) is 0.632. The molecule has 150 valence electrons. The van der Waals surface area contributed by atoms with Crippen molar-refractivity contribution in [3.8, 4) is 5.75 Å². The lowest BCUT2D eigenvalue weighted by Crippen LogP contribution is -2.41. The number of nitrogens with zero attached hydrogens (tertiary/aromatic N) is 2. The van der Waals surface area contributed by atoms with Crippen LogP contribution in [0.4, 0.5) is 0 Å². The van der Waals surface area contributed by atoms with Gasteiger partial charge in [-0.2, -0.15) is 0 Å². The van der Waals surface area contributed by atoms with E-state index in [9.17, 15) is 5.11 Å². The third kappa shape index (κ3) is 10.2. The molecule has 0 heterocycles. The van der Waals surface area contributed by atoms with Crippen LogP contribution in [0.1, 0.15) is 39.4 Å². The molecular weight excluding hydrogens is 443 g/mol. The average Bonchev–Trinajstić information content (AvgIpc) is 2.59. The zero-order valence-corrected chi connectivity index (χ0v) is 19.0. The van der Waals surface area contributed by atoms with E-state index in [0.29, 0.717) is 6.54 Å². The Hall–Kier alpha value is -1.06. The Morgan fingerprint density at radius 1 is 1.19 bits per heavy atom. The second kappa shape index (κ2) is 14.1. The number of ether oxygens (including phenoxy) is 1. The van der Waals surface area contributed by atoms with Gasteiger partial charge in [0.2, 0.25) is 0 Å². The van der Waals surface area contributed by atoms with Crippen molar-refractivity contribution in [2.45, 2.75) is 39.9 Å². The van der Waals surface area contributed by atoms with Crippen molar-refractivity contribution in [1.29, 1.82) is 0 Å². The van der Waals surface area contributed by atoms with Crippen LogP contribution in [0.25, 0.3) is 0 Å². The monoisotopic (exact) mass is 478 g/mol. The second-order valence-corrected chi connectivity index (χ2v) is 6.29. The third-order valence-corrected chi connectivity index (χ3v) is 3.73. The Labute approximate surface area is 175 Å². The maximum atomic E-state index is 10.4. The van der Waals surface area contributed by atoms with E-state index in [1.807, 2.05) is 45.0 Å². The molecule has 1 aromatic carbocycles. The van der Waals surface area contributed by atoms with E-state index in [2.05, 4.69) is 34.5 Å². The van der Waals surface area contributed by atoms with Gasteiger partial charge in [0.05, 0.1) is 18.8 Å². The average molecular weight is 478 g/mol. The minimum Gasteiger partial charge on any atom is -0.491 e. The molecule has 0 aliphatic rings. The molecule has 0 aliphatic carbocycles. The molecule has 0 aliphatic heterocycles. The predicted octanol–water partition coefficient (Wildman–Crippen LogP) is 2.63. The number of rotatable bonds is 10. The van der Waals surface area contributed by atoms with Gasteiger partial charge in [-0.05, 0) is 52.1 Å². The van der Waals surface area contributed by atoms with Crippen LogP contribution in [-0.4, -0.2) is 61.8 Å². The van der Waals surface area contributed by atoms with E-state index < -0.39 is 6.10 Å². The van der Waals surface area contributed by atoms with Crippen LogP contribution in [0, 0.1) is 0 Å². The zero-order valence-electron chi connectivity index (χ0n) is 16.7. The van der Waals surface area contributed by atoms with E-state index in [-0.39, 0.29) is 30.1 Å². The number of likely N-dealkylation sites (N-methyl/N-ethyl adjacent to an activating group) is 1. The van der Waals surface area contributed by atoms with Crippen molar-refractivity contribution in [2.75, 3.05) is 39.8 Å². The Bertz CT molecular complexity index is 509. The molecule has 0 saturated heterocycles. The van der Waals surface area contributed by atoms with Gasteiger partial charge in [-0.1, -0.05) is 19.1 Å². The molecule has 0 aromatic heterocycles. The molecule has 26 heavy (non-hydrogen) atoms. The Morgan fingerprint density at radius 2 is 1.85 bits per heavy atom. The van der Waals surface area contributed by atoms with Crippen molar-refractivity contribution in [3.05, 3.63) is 29.8 Å². The first-order chi connectivity index (χ1) is 12.0. The van der Waals surface area contributed by atoms with E-state index in [1.54, 1.807) is 0 Å². The molecular formula is C19H35IN4O2. The predicted molar refractivity (Wildman–Crippen MR) is 120 cm³/mol. The number of aliphatic imine (C=N–C) groups is 1. The molecule has 0 spiro atoms. The number of hydrogen-bond donors (Lipinski definition) is 3. The van der Waals surface area contributed by atoms with Crippen molar-refractivity contribution in [3.63, 3.8) is 0 Å². The van der Waals surface area contributed by atoms with Gasteiger partial charge in [-0.25, -0.2) is 0 Å². The Morgan fingerprint density at radius 3 is 2.38 bits per heavy atom. The normalized spacial score (nSPS) is 12.7. The molecule has 0 bridgehead atoms. The number of hydrogen-bond acceptors (Lipinski definition) is 4. The largest absolute Gasteiger partial charge is 0.491 e. The van der Waals surface area contributed by atoms with E-state index in [4.69, 9.17) is 4.74 Å². The smallest absolute Gasteiger partial charge is 0.191 e. The molecule has 0 fully saturated rings. The highest BCUT2D eigenvalue weighted by atomic mass is 127. The zero-order chi connectivity index (χ0) is 18.7. The number of guanidine groups is 1. The van der Waals surface area contributed by atoms with E-state index in [1.165, 1.54) is 0 Å². The van der Waals surface area contributed by atoms with Crippen LogP contribution in [0.5, 0.6) is 5.75 Å². The number of halogens is 1. The summed E-state index contributed by atoms with van der Waals surface area (Å²) in [6, 6.07) is 7.53. The Kier molecular flexibility index (Phi) is 13.5. The van der Waals surface area contributed by atoms with Gasteiger partial charge in [0.25, 0.3) is 0 Å². The maximum Gasteiger partial charge on any atom is 0.191 e. The SMILES string of the molecule is CCNC(=NCC(O)c1ccc(OC(C)C)cc1)NCCN(C)CC.I. The van der Waals surface area contributed by atoms with Crippen molar-refractivity contribution < 1.29 is 9.84 Å². The number of aliphatic hydroxyl groups is 1. The summed E-state index contributed by atoms with van der Waals surface area (Å²) in [5.41, 5.74) is 0.835. The number of aliphatic hydroxyl groups excluding tert-OH is 1. The van der Waals surface area contributed by atoms with E-state index >= 15 is 0 Å². The van der Waals surface area contributed by atoms with Crippen molar-refractivity contribution >= 4 is 29.9 Å². The fourth-order valence-electron chi connectivity index (χ4n) is 2.19. The first kappa shape index (κ1) is 24.9. The van der Waals surface area contributed by atoms with Gasteiger partial charge in [-0.15, -0.1) is 24.0 Å². The minimum atomic E-state index is -0.637.